The van der Waals surface area contributed by atoms with Crippen molar-refractivity contribution in [2.24, 2.45) is 0 Å². The van der Waals surface area contributed by atoms with E-state index in [2.05, 4.69) is 15.5 Å². The number of hydrogen-bond acceptors (Lipinski definition) is 7. The lowest BCUT2D eigenvalue weighted by Crippen LogP contribution is -2.14. The van der Waals surface area contributed by atoms with Crippen LogP contribution in [0, 0.1) is 15.9 Å². The molecule has 0 radical (unpaired) electrons. The summed E-state index contributed by atoms with van der Waals surface area (Å²) in [5.74, 6) is -0.649. The first-order valence-electron chi connectivity index (χ1n) is 9.98. The van der Waals surface area contributed by atoms with Crippen LogP contribution in [0.5, 0.6) is 11.5 Å². The number of ether oxygens (including phenoxy) is 2. The molecule has 11 nitrogen and oxygen atoms in total. The fraction of sp³-hybridized carbons (Fsp3) is 0.136. The summed E-state index contributed by atoms with van der Waals surface area (Å²) in [5.41, 5.74) is 1.18. The average Bonchev–Trinajstić information content (AvgIpc) is 3.47. The number of nitrogens with zero attached hydrogens (tertiary/aromatic N) is 5. The summed E-state index contributed by atoms with van der Waals surface area (Å²) >= 11 is 0. The number of carbonyl (C=O) groups is 1. The second-order valence-electron chi connectivity index (χ2n) is 7.12. The highest BCUT2D eigenvalue weighted by Crippen LogP contribution is 2.27. The summed E-state index contributed by atoms with van der Waals surface area (Å²) in [4.78, 5) is 22.9. The maximum absolute atomic E-state index is 13.4. The molecule has 2 heterocycles. The Labute approximate surface area is 192 Å². The maximum Gasteiger partial charge on any atom is 0.311 e. The van der Waals surface area contributed by atoms with Gasteiger partial charge in [-0.2, -0.15) is 10.2 Å². The zero-order valence-electron chi connectivity index (χ0n) is 17.9. The summed E-state index contributed by atoms with van der Waals surface area (Å²) in [6.45, 7) is 0.237. The molecule has 0 unspecified atom stereocenters. The van der Waals surface area contributed by atoms with Crippen LogP contribution in [0.25, 0.3) is 0 Å². The quantitative estimate of drug-likeness (QED) is 0.296. The zero-order valence-corrected chi connectivity index (χ0v) is 17.9. The minimum absolute atomic E-state index is 0.0953. The molecule has 4 rings (SSSR count). The van der Waals surface area contributed by atoms with Crippen molar-refractivity contribution >= 4 is 17.3 Å². The molecule has 0 aliphatic heterocycles. The minimum atomic E-state index is -0.675. The molecule has 0 aliphatic carbocycles. The standard InChI is InChI=1S/C22H19FN6O5/c1-33-18-4-2-3-15(9-18)12-28-13-17(11-24-28)25-22(30)19-7-8-27(26-19)14-34-21-10-16(23)5-6-20(21)29(31)32/h2-11,13H,12,14H2,1H3,(H,25,30). The molecular weight excluding hydrogens is 447 g/mol. The number of anilines is 1. The molecular formula is C22H19FN6O5. The predicted octanol–water partition coefficient (Wildman–Crippen LogP) is 3.47. The number of benzene rings is 2. The van der Waals surface area contributed by atoms with Gasteiger partial charge in [-0.15, -0.1) is 0 Å². The van der Waals surface area contributed by atoms with Crippen molar-refractivity contribution in [2.45, 2.75) is 13.3 Å². The maximum atomic E-state index is 13.4. The molecule has 0 atom stereocenters. The highest BCUT2D eigenvalue weighted by molar-refractivity contribution is 6.02. The van der Waals surface area contributed by atoms with Gasteiger partial charge in [0.1, 0.15) is 11.6 Å². The lowest BCUT2D eigenvalue weighted by molar-refractivity contribution is -0.386. The number of halogens is 1. The fourth-order valence-corrected chi connectivity index (χ4v) is 3.11. The lowest BCUT2D eigenvalue weighted by atomic mass is 10.2. The van der Waals surface area contributed by atoms with Gasteiger partial charge in [-0.3, -0.25) is 19.6 Å². The van der Waals surface area contributed by atoms with Crippen LogP contribution >= 0.6 is 0 Å². The summed E-state index contributed by atoms with van der Waals surface area (Å²) in [7, 11) is 1.60. The van der Waals surface area contributed by atoms with Crippen molar-refractivity contribution in [3.05, 3.63) is 94.3 Å². The Balaban J connectivity index is 1.36. The van der Waals surface area contributed by atoms with Crippen LogP contribution in [-0.4, -0.2) is 37.5 Å². The number of nitrogens with one attached hydrogen (secondary N) is 1. The molecule has 0 fully saturated rings. The van der Waals surface area contributed by atoms with Gasteiger partial charge < -0.3 is 14.8 Å². The fourth-order valence-electron chi connectivity index (χ4n) is 3.11. The summed E-state index contributed by atoms with van der Waals surface area (Å²) < 4.78 is 26.9. The Morgan fingerprint density at radius 1 is 1.21 bits per heavy atom. The average molecular weight is 466 g/mol. The summed E-state index contributed by atoms with van der Waals surface area (Å²) in [6.07, 6.45) is 4.66. The third kappa shape index (κ3) is 5.35. The van der Waals surface area contributed by atoms with Crippen LogP contribution in [0.2, 0.25) is 0 Å². The number of nitro benzene ring substituents is 1. The van der Waals surface area contributed by atoms with E-state index >= 15 is 0 Å². The Hall–Kier alpha value is -4.74. The number of carbonyl (C=O) groups excluding carboxylic acids is 1. The third-order valence-electron chi connectivity index (χ3n) is 4.71. The van der Waals surface area contributed by atoms with Gasteiger partial charge in [0.05, 0.1) is 30.5 Å². The smallest absolute Gasteiger partial charge is 0.311 e. The number of rotatable bonds is 9. The van der Waals surface area contributed by atoms with Crippen LogP contribution in [0.4, 0.5) is 15.8 Å². The van der Waals surface area contributed by atoms with Gasteiger partial charge >= 0.3 is 5.69 Å². The highest BCUT2D eigenvalue weighted by atomic mass is 19.1. The van der Waals surface area contributed by atoms with Crippen LogP contribution in [0.1, 0.15) is 16.1 Å². The van der Waals surface area contributed by atoms with E-state index in [9.17, 15) is 19.3 Å². The first kappa shape index (κ1) is 22.5. The van der Waals surface area contributed by atoms with Gasteiger partial charge in [-0.05, 0) is 29.8 Å². The monoisotopic (exact) mass is 466 g/mol. The summed E-state index contributed by atoms with van der Waals surface area (Å²) in [6, 6.07) is 11.9. The van der Waals surface area contributed by atoms with Gasteiger partial charge in [0, 0.05) is 24.5 Å². The van der Waals surface area contributed by atoms with Gasteiger partial charge in [-0.25, -0.2) is 9.07 Å². The van der Waals surface area contributed by atoms with E-state index in [4.69, 9.17) is 9.47 Å². The molecule has 0 bridgehead atoms. The molecule has 1 N–H and O–H groups in total. The van der Waals surface area contributed by atoms with Crippen LogP contribution in [0.15, 0.2) is 67.1 Å². The topological polar surface area (TPSA) is 126 Å². The predicted molar refractivity (Wildman–Crippen MR) is 118 cm³/mol. The molecule has 0 saturated carbocycles. The highest BCUT2D eigenvalue weighted by Gasteiger charge is 2.17. The second-order valence-corrected chi connectivity index (χ2v) is 7.12. The summed E-state index contributed by atoms with van der Waals surface area (Å²) in [5, 5.41) is 22.1. The largest absolute Gasteiger partial charge is 0.497 e. The molecule has 4 aromatic rings. The Bertz CT molecular complexity index is 1330. The number of methoxy groups -OCH3 is 1. The van der Waals surface area contributed by atoms with E-state index in [0.29, 0.717) is 12.2 Å². The van der Waals surface area contributed by atoms with Gasteiger partial charge in [-0.1, -0.05) is 12.1 Å². The van der Waals surface area contributed by atoms with E-state index in [1.165, 1.54) is 23.1 Å². The van der Waals surface area contributed by atoms with E-state index in [-0.39, 0.29) is 23.9 Å². The molecule has 34 heavy (non-hydrogen) atoms. The van der Waals surface area contributed by atoms with E-state index in [1.807, 2.05) is 24.3 Å². The van der Waals surface area contributed by atoms with Gasteiger partial charge in [0.2, 0.25) is 5.75 Å². The third-order valence-corrected chi connectivity index (χ3v) is 4.71. The van der Waals surface area contributed by atoms with Crippen molar-refractivity contribution in [1.82, 2.24) is 19.6 Å². The first-order valence-corrected chi connectivity index (χ1v) is 9.98. The van der Waals surface area contributed by atoms with Crippen LogP contribution in [0.3, 0.4) is 0 Å². The van der Waals surface area contributed by atoms with Crippen molar-refractivity contribution < 1.29 is 23.6 Å². The number of hydrogen-bond donors (Lipinski definition) is 1. The SMILES string of the molecule is COc1cccc(Cn2cc(NC(=O)c3ccn(COc4cc(F)ccc4[N+](=O)[O-])n3)cn2)c1. The molecule has 2 aromatic heterocycles. The molecule has 1 amide bonds. The van der Waals surface area contributed by atoms with Crippen molar-refractivity contribution in [1.29, 1.82) is 0 Å². The van der Waals surface area contributed by atoms with Crippen molar-refractivity contribution in [3.8, 4) is 11.5 Å². The van der Waals surface area contributed by atoms with Gasteiger partial charge in [0.15, 0.2) is 12.4 Å². The number of nitro groups is 1. The normalized spacial score (nSPS) is 10.6. The first-order chi connectivity index (χ1) is 16.4. The molecule has 2 aromatic carbocycles. The molecule has 0 saturated heterocycles. The van der Waals surface area contributed by atoms with Crippen LogP contribution in [-0.2, 0) is 13.3 Å². The molecule has 0 aliphatic rings. The van der Waals surface area contributed by atoms with E-state index < -0.39 is 16.6 Å². The Kier molecular flexibility index (Phi) is 6.48. The van der Waals surface area contributed by atoms with Crippen molar-refractivity contribution in [3.63, 3.8) is 0 Å². The lowest BCUT2D eigenvalue weighted by Gasteiger charge is -2.07. The zero-order chi connectivity index (χ0) is 24.1. The van der Waals surface area contributed by atoms with Crippen molar-refractivity contribution in [2.75, 3.05) is 12.4 Å². The molecule has 0 spiro atoms. The number of aromatic nitrogens is 4. The second kappa shape index (κ2) is 9.81. The number of amides is 1. The minimum Gasteiger partial charge on any atom is -0.497 e. The van der Waals surface area contributed by atoms with Crippen LogP contribution < -0.4 is 14.8 Å². The molecule has 174 valence electrons. The molecule has 12 heteroatoms. The Morgan fingerprint density at radius 2 is 2.06 bits per heavy atom. The van der Waals surface area contributed by atoms with E-state index in [0.717, 1.165) is 29.5 Å². The Morgan fingerprint density at radius 3 is 2.85 bits per heavy atom. The van der Waals surface area contributed by atoms with Gasteiger partial charge in [0.25, 0.3) is 5.91 Å². The van der Waals surface area contributed by atoms with E-state index in [1.54, 1.807) is 18.0 Å².